The van der Waals surface area contributed by atoms with Crippen LogP contribution >= 0.6 is 0 Å². The summed E-state index contributed by atoms with van der Waals surface area (Å²) in [5.41, 5.74) is 2.68. The minimum absolute atomic E-state index is 0.0195. The number of nitrogens with zero attached hydrogens (tertiary/aromatic N) is 2. The molecule has 1 heterocycles. The third kappa shape index (κ3) is 2.91. The zero-order valence-electron chi connectivity index (χ0n) is 16.5. The monoisotopic (exact) mass is 342 g/mol. The molecule has 1 aromatic carbocycles. The Bertz CT molecular complexity index is 626. The van der Waals surface area contributed by atoms with Crippen molar-refractivity contribution < 1.29 is 4.79 Å². The Morgan fingerprint density at radius 3 is 2.64 bits per heavy atom. The smallest absolute Gasteiger partial charge is 0.228 e. The van der Waals surface area contributed by atoms with Gasteiger partial charge in [0.25, 0.3) is 0 Å². The Hall–Kier alpha value is -1.35. The number of hydrogen-bond donors (Lipinski definition) is 0. The van der Waals surface area contributed by atoms with Crippen molar-refractivity contribution in [2.45, 2.75) is 76.2 Å². The summed E-state index contributed by atoms with van der Waals surface area (Å²) < 4.78 is 0. The molecule has 1 saturated carbocycles. The lowest BCUT2D eigenvalue weighted by Crippen LogP contribution is -2.60. The highest BCUT2D eigenvalue weighted by Gasteiger charge is 2.60. The summed E-state index contributed by atoms with van der Waals surface area (Å²) in [6, 6.07) is 8.71. The van der Waals surface area contributed by atoms with Gasteiger partial charge in [0, 0.05) is 24.1 Å². The molecule has 3 rings (SSSR count). The maximum Gasteiger partial charge on any atom is 0.228 e. The molecule has 1 fully saturated rings. The van der Waals surface area contributed by atoms with Gasteiger partial charge in [-0.1, -0.05) is 57.7 Å². The van der Waals surface area contributed by atoms with Gasteiger partial charge in [0.15, 0.2) is 0 Å². The summed E-state index contributed by atoms with van der Waals surface area (Å²) in [6.07, 6.45) is 8.98. The molecule has 2 aliphatic rings. The lowest BCUT2D eigenvalue weighted by Gasteiger charge is -2.52. The summed E-state index contributed by atoms with van der Waals surface area (Å²) >= 11 is 0. The fourth-order valence-electron chi connectivity index (χ4n) is 5.30. The lowest BCUT2D eigenvalue weighted by molar-refractivity contribution is -0.120. The normalized spacial score (nSPS) is 28.1. The van der Waals surface area contributed by atoms with Crippen molar-refractivity contribution in [1.82, 2.24) is 4.90 Å². The van der Waals surface area contributed by atoms with Gasteiger partial charge in [0.05, 0.1) is 5.54 Å². The van der Waals surface area contributed by atoms with E-state index >= 15 is 0 Å². The van der Waals surface area contributed by atoms with Crippen molar-refractivity contribution in [1.29, 1.82) is 0 Å². The van der Waals surface area contributed by atoms with Gasteiger partial charge in [-0.3, -0.25) is 4.79 Å². The number of rotatable bonds is 6. The third-order valence-electron chi connectivity index (χ3n) is 6.68. The maximum atomic E-state index is 13.4. The number of carbonyl (C=O) groups excluding carboxylic acids is 1. The molecule has 3 nitrogen and oxygen atoms in total. The molecule has 138 valence electrons. The first kappa shape index (κ1) is 18.4. The molecular weight excluding hydrogens is 308 g/mol. The van der Waals surface area contributed by atoms with E-state index in [0.717, 1.165) is 19.4 Å². The molecular formula is C22H34N2O. The molecule has 0 bridgehead atoms. The highest BCUT2D eigenvalue weighted by Crippen LogP contribution is 2.60. The average Bonchev–Trinajstić information content (AvgIpc) is 2.84. The Kier molecular flexibility index (Phi) is 5.24. The van der Waals surface area contributed by atoms with Crippen LogP contribution in [0.15, 0.2) is 24.3 Å². The summed E-state index contributed by atoms with van der Waals surface area (Å²) in [4.78, 5) is 17.7. The molecule has 2 unspecified atom stereocenters. The molecule has 0 aromatic heterocycles. The minimum Gasteiger partial charge on any atom is -0.309 e. The van der Waals surface area contributed by atoms with E-state index in [2.05, 4.69) is 47.9 Å². The number of carbonyl (C=O) groups is 1. The van der Waals surface area contributed by atoms with E-state index in [1.807, 2.05) is 14.1 Å². The molecule has 2 atom stereocenters. The van der Waals surface area contributed by atoms with Crippen molar-refractivity contribution in [3.63, 3.8) is 0 Å². The second-order valence-corrected chi connectivity index (χ2v) is 8.47. The van der Waals surface area contributed by atoms with Crippen LogP contribution in [0, 0.1) is 0 Å². The average molecular weight is 343 g/mol. The van der Waals surface area contributed by atoms with E-state index in [4.69, 9.17) is 0 Å². The molecule has 1 aliphatic heterocycles. The maximum absolute atomic E-state index is 13.4. The van der Waals surface area contributed by atoms with Gasteiger partial charge in [0.1, 0.15) is 0 Å². The quantitative estimate of drug-likeness (QED) is 0.745. The van der Waals surface area contributed by atoms with Crippen LogP contribution < -0.4 is 4.90 Å². The van der Waals surface area contributed by atoms with Gasteiger partial charge >= 0.3 is 0 Å². The van der Waals surface area contributed by atoms with Crippen molar-refractivity contribution in [3.8, 4) is 0 Å². The van der Waals surface area contributed by atoms with Gasteiger partial charge in [-0.05, 0) is 45.0 Å². The van der Waals surface area contributed by atoms with Crippen LogP contribution in [0.1, 0.15) is 70.8 Å². The molecule has 1 aromatic rings. The Balaban J connectivity index is 2.06. The third-order valence-corrected chi connectivity index (χ3v) is 6.68. The zero-order valence-corrected chi connectivity index (χ0v) is 16.5. The number of anilines is 1. The molecule has 3 heteroatoms. The van der Waals surface area contributed by atoms with E-state index in [1.165, 1.54) is 43.4 Å². The number of benzene rings is 1. The highest BCUT2D eigenvalue weighted by atomic mass is 16.2. The predicted molar refractivity (Wildman–Crippen MR) is 105 cm³/mol. The van der Waals surface area contributed by atoms with Gasteiger partial charge in [-0.25, -0.2) is 0 Å². The fraction of sp³-hybridized carbons (Fsp3) is 0.682. The van der Waals surface area contributed by atoms with Gasteiger partial charge < -0.3 is 9.80 Å². The zero-order chi connectivity index (χ0) is 18.1. The minimum atomic E-state index is -0.0195. The molecule has 0 spiro atoms. The standard InChI is InChI=1S/C22H34N2O/c1-5-6-15-22-16-10-9-14-21(22,2)18-11-7-8-12-19(18)24(22)20(25)13-17-23(3)4/h7-8,11-12H,5-6,9-10,13-17H2,1-4H3. The van der Waals surface area contributed by atoms with E-state index in [-0.39, 0.29) is 11.0 Å². The van der Waals surface area contributed by atoms with Gasteiger partial charge in [-0.2, -0.15) is 0 Å². The van der Waals surface area contributed by atoms with E-state index < -0.39 is 0 Å². The summed E-state index contributed by atoms with van der Waals surface area (Å²) in [6.45, 7) is 5.51. The molecule has 0 radical (unpaired) electrons. The van der Waals surface area contributed by atoms with Gasteiger partial charge in [0.2, 0.25) is 5.91 Å². The first-order chi connectivity index (χ1) is 12.0. The first-order valence-electron chi connectivity index (χ1n) is 10.0. The van der Waals surface area contributed by atoms with Crippen LogP contribution in [0.4, 0.5) is 5.69 Å². The van der Waals surface area contributed by atoms with Gasteiger partial charge in [-0.15, -0.1) is 0 Å². The molecule has 1 aliphatic carbocycles. The summed E-state index contributed by atoms with van der Waals surface area (Å²) in [7, 11) is 4.09. The molecule has 25 heavy (non-hydrogen) atoms. The van der Waals surface area contributed by atoms with Crippen molar-refractivity contribution in [3.05, 3.63) is 29.8 Å². The first-order valence-corrected chi connectivity index (χ1v) is 10.0. The van der Waals surface area contributed by atoms with Crippen LogP contribution in [0.25, 0.3) is 0 Å². The van der Waals surface area contributed by atoms with E-state index in [9.17, 15) is 4.79 Å². The number of amides is 1. The molecule has 0 N–H and O–H groups in total. The Labute approximate surface area is 153 Å². The van der Waals surface area contributed by atoms with E-state index in [0.29, 0.717) is 12.3 Å². The number of para-hydroxylation sites is 1. The second-order valence-electron chi connectivity index (χ2n) is 8.47. The SMILES string of the molecule is CCCCC12CCCCC1(C)c1ccccc1N2C(=O)CCN(C)C. The molecule has 1 amide bonds. The number of hydrogen-bond acceptors (Lipinski definition) is 2. The lowest BCUT2D eigenvalue weighted by atomic mass is 9.59. The predicted octanol–water partition coefficient (Wildman–Crippen LogP) is 4.75. The van der Waals surface area contributed by atoms with Crippen LogP contribution in [0.3, 0.4) is 0 Å². The van der Waals surface area contributed by atoms with Crippen LogP contribution in [0.2, 0.25) is 0 Å². The summed E-state index contributed by atoms with van der Waals surface area (Å²) in [5.74, 6) is 0.308. The van der Waals surface area contributed by atoms with E-state index in [1.54, 1.807) is 0 Å². The van der Waals surface area contributed by atoms with Crippen LogP contribution in [-0.4, -0.2) is 37.0 Å². The fourth-order valence-corrected chi connectivity index (χ4v) is 5.30. The second kappa shape index (κ2) is 7.11. The van der Waals surface area contributed by atoms with Crippen LogP contribution in [-0.2, 0) is 10.2 Å². The topological polar surface area (TPSA) is 23.6 Å². The van der Waals surface area contributed by atoms with Crippen LogP contribution in [0.5, 0.6) is 0 Å². The van der Waals surface area contributed by atoms with Crippen molar-refractivity contribution >= 4 is 11.6 Å². The van der Waals surface area contributed by atoms with Crippen molar-refractivity contribution in [2.24, 2.45) is 0 Å². The Morgan fingerprint density at radius 2 is 1.92 bits per heavy atom. The Morgan fingerprint density at radius 1 is 1.20 bits per heavy atom. The largest absolute Gasteiger partial charge is 0.309 e. The van der Waals surface area contributed by atoms with Crippen molar-refractivity contribution in [2.75, 3.05) is 25.5 Å². The number of fused-ring (bicyclic) bond motifs is 3. The molecule has 0 saturated heterocycles. The number of unbranched alkanes of at least 4 members (excludes halogenated alkanes) is 1. The summed E-state index contributed by atoms with van der Waals surface area (Å²) in [5, 5.41) is 0. The highest BCUT2D eigenvalue weighted by molar-refractivity contribution is 5.98.